The lowest BCUT2D eigenvalue weighted by atomic mass is 10.0. The van der Waals surface area contributed by atoms with Crippen LogP contribution in [-0.2, 0) is 6.54 Å². The van der Waals surface area contributed by atoms with Crippen LogP contribution in [0.15, 0.2) is 54.6 Å². The number of ether oxygens (including phenoxy) is 3. The van der Waals surface area contributed by atoms with Crippen LogP contribution in [0.25, 0.3) is 33.1 Å². The molecule has 0 aliphatic rings. The Morgan fingerprint density at radius 1 is 0.972 bits per heavy atom. The molecule has 5 rings (SSSR count). The zero-order valence-corrected chi connectivity index (χ0v) is 21.0. The van der Waals surface area contributed by atoms with Crippen molar-refractivity contribution in [3.05, 3.63) is 65.9 Å². The van der Waals surface area contributed by atoms with Gasteiger partial charge in [0.1, 0.15) is 22.5 Å². The molecule has 0 aliphatic carbocycles. The summed E-state index contributed by atoms with van der Waals surface area (Å²) in [6.45, 7) is 2.97. The molecule has 0 spiro atoms. The van der Waals surface area contributed by atoms with Gasteiger partial charge in [-0.1, -0.05) is 19.1 Å². The molecular weight excluding hydrogens is 478 g/mol. The van der Waals surface area contributed by atoms with Gasteiger partial charge in [-0.3, -0.25) is 0 Å². The van der Waals surface area contributed by atoms with Gasteiger partial charge in [0.2, 0.25) is 0 Å². The van der Waals surface area contributed by atoms with Crippen molar-refractivity contribution < 1.29 is 24.1 Å². The minimum Gasteiger partial charge on any atom is -0.494 e. The van der Waals surface area contributed by atoms with E-state index in [-0.39, 0.29) is 5.69 Å². The summed E-state index contributed by atoms with van der Waals surface area (Å²) in [6, 6.07) is 17.0. The van der Waals surface area contributed by atoms with Gasteiger partial charge in [0.25, 0.3) is 0 Å². The Bertz CT molecular complexity index is 1570. The molecule has 0 amide bonds. The molecule has 9 heteroatoms. The summed E-state index contributed by atoms with van der Waals surface area (Å²) in [7, 11) is 3.13. The van der Waals surface area contributed by atoms with E-state index in [1.807, 2.05) is 54.0 Å². The van der Waals surface area contributed by atoms with Crippen LogP contribution in [0.4, 0.5) is 0 Å². The number of hydrogen-bond donors (Lipinski definition) is 1. The van der Waals surface area contributed by atoms with E-state index in [0.717, 1.165) is 45.6 Å². The number of carboxylic acid groups (broad SMARTS) is 1. The van der Waals surface area contributed by atoms with Gasteiger partial charge in [0, 0.05) is 23.0 Å². The van der Waals surface area contributed by atoms with Crippen LogP contribution >= 0.6 is 11.7 Å². The molecule has 2 aromatic heterocycles. The van der Waals surface area contributed by atoms with Crippen LogP contribution in [0.5, 0.6) is 17.2 Å². The van der Waals surface area contributed by atoms with Crippen LogP contribution in [0, 0.1) is 0 Å². The number of rotatable bonds is 9. The van der Waals surface area contributed by atoms with Gasteiger partial charge in [-0.25, -0.2) is 4.79 Å². The van der Waals surface area contributed by atoms with Crippen molar-refractivity contribution in [1.82, 2.24) is 13.3 Å². The average Bonchev–Trinajstić information content (AvgIpc) is 3.49. The maximum atomic E-state index is 12.8. The molecule has 3 aromatic carbocycles. The quantitative estimate of drug-likeness (QED) is 0.269. The first-order chi connectivity index (χ1) is 17.5. The summed E-state index contributed by atoms with van der Waals surface area (Å²) in [6.07, 6.45) is 0.871. The summed E-state index contributed by atoms with van der Waals surface area (Å²) in [5, 5.41) is 11.2. The predicted molar refractivity (Wildman–Crippen MR) is 140 cm³/mol. The van der Waals surface area contributed by atoms with Crippen molar-refractivity contribution in [2.24, 2.45) is 0 Å². The fourth-order valence-electron chi connectivity index (χ4n) is 4.42. The molecule has 1 N–H and O–H groups in total. The van der Waals surface area contributed by atoms with Crippen molar-refractivity contribution >= 4 is 39.6 Å². The van der Waals surface area contributed by atoms with E-state index in [4.69, 9.17) is 14.2 Å². The third-order valence-corrected chi connectivity index (χ3v) is 6.60. The fourth-order valence-corrected chi connectivity index (χ4v) is 4.94. The van der Waals surface area contributed by atoms with Crippen LogP contribution < -0.4 is 14.2 Å². The molecule has 0 saturated carbocycles. The fraction of sp³-hybridized carbons (Fsp3) is 0.222. The summed E-state index contributed by atoms with van der Waals surface area (Å²) in [4.78, 5) is 12.8. The molecule has 36 heavy (non-hydrogen) atoms. The third kappa shape index (κ3) is 4.22. The number of methoxy groups -OCH3 is 2. The predicted octanol–water partition coefficient (Wildman–Crippen LogP) is 5.87. The van der Waals surface area contributed by atoms with Crippen LogP contribution in [0.3, 0.4) is 0 Å². The van der Waals surface area contributed by atoms with E-state index in [2.05, 4.69) is 8.75 Å². The second-order valence-corrected chi connectivity index (χ2v) is 8.83. The summed E-state index contributed by atoms with van der Waals surface area (Å²) >= 11 is 1.16. The summed E-state index contributed by atoms with van der Waals surface area (Å²) < 4.78 is 27.2. The monoisotopic (exact) mass is 503 g/mol. The minimum absolute atomic E-state index is 0.182. The second kappa shape index (κ2) is 9.87. The van der Waals surface area contributed by atoms with Crippen LogP contribution in [-0.4, -0.2) is 45.2 Å². The highest BCUT2D eigenvalue weighted by atomic mass is 32.1. The van der Waals surface area contributed by atoms with Gasteiger partial charge >= 0.3 is 5.97 Å². The normalized spacial score (nSPS) is 11.2. The van der Waals surface area contributed by atoms with E-state index in [1.165, 1.54) is 0 Å². The van der Waals surface area contributed by atoms with Crippen molar-refractivity contribution in [2.75, 3.05) is 20.8 Å². The second-order valence-electron chi connectivity index (χ2n) is 8.30. The van der Waals surface area contributed by atoms with Gasteiger partial charge in [0.15, 0.2) is 11.5 Å². The molecule has 0 fully saturated rings. The Hall–Kier alpha value is -4.11. The molecule has 0 unspecified atom stereocenters. The van der Waals surface area contributed by atoms with Gasteiger partial charge in [0.05, 0.1) is 32.6 Å². The lowest BCUT2D eigenvalue weighted by Crippen LogP contribution is -2.10. The largest absolute Gasteiger partial charge is 0.494 e. The van der Waals surface area contributed by atoms with Gasteiger partial charge in [-0.05, 0) is 60.0 Å². The molecule has 0 radical (unpaired) electrons. The van der Waals surface area contributed by atoms with E-state index in [1.54, 1.807) is 26.4 Å². The number of aromatic carboxylic acids is 1. The van der Waals surface area contributed by atoms with E-state index in [0.29, 0.717) is 41.5 Å². The molecular formula is C27H25N3O5S. The Labute approximate surface area is 212 Å². The van der Waals surface area contributed by atoms with Gasteiger partial charge < -0.3 is 23.9 Å². The van der Waals surface area contributed by atoms with Crippen LogP contribution in [0.2, 0.25) is 0 Å². The smallest absolute Gasteiger partial charge is 0.353 e. The molecule has 0 aliphatic heterocycles. The van der Waals surface area contributed by atoms with Crippen molar-refractivity contribution in [1.29, 1.82) is 0 Å². The lowest BCUT2D eigenvalue weighted by molar-refractivity contribution is 0.0687. The summed E-state index contributed by atoms with van der Waals surface area (Å²) in [5.74, 6) is 0.754. The number of aromatic nitrogens is 3. The highest BCUT2D eigenvalue weighted by Crippen LogP contribution is 2.41. The van der Waals surface area contributed by atoms with E-state index in [9.17, 15) is 9.90 Å². The van der Waals surface area contributed by atoms with Gasteiger partial charge in [-0.2, -0.15) is 8.75 Å². The maximum absolute atomic E-state index is 12.8. The zero-order valence-electron chi connectivity index (χ0n) is 20.1. The van der Waals surface area contributed by atoms with Crippen molar-refractivity contribution in [3.8, 4) is 28.4 Å². The van der Waals surface area contributed by atoms with Crippen molar-refractivity contribution in [2.45, 2.75) is 19.9 Å². The Morgan fingerprint density at radius 2 is 1.78 bits per heavy atom. The zero-order chi connectivity index (χ0) is 25.2. The number of nitrogens with zero attached hydrogens (tertiary/aromatic N) is 3. The standard InChI is InChI=1S/C27H25N3O5S/c1-4-11-35-18-7-9-22-19(14-18)25(17-6-10-23(33-2)24(13-17)34-3)26(27(31)32)30(22)15-16-5-8-20-21(12-16)29-36-28-20/h5-10,12-14H,4,11,15H2,1-3H3,(H,31,32). The lowest BCUT2D eigenvalue weighted by Gasteiger charge is -2.11. The van der Waals surface area contributed by atoms with E-state index >= 15 is 0 Å². The molecule has 5 aromatic rings. The maximum Gasteiger partial charge on any atom is 0.353 e. The molecule has 0 bridgehead atoms. The van der Waals surface area contributed by atoms with Gasteiger partial charge in [-0.15, -0.1) is 0 Å². The number of carbonyl (C=O) groups is 1. The number of carboxylic acids is 1. The van der Waals surface area contributed by atoms with E-state index < -0.39 is 5.97 Å². The average molecular weight is 504 g/mol. The van der Waals surface area contributed by atoms with Crippen LogP contribution in [0.1, 0.15) is 29.4 Å². The highest BCUT2D eigenvalue weighted by Gasteiger charge is 2.25. The summed E-state index contributed by atoms with van der Waals surface area (Å²) in [5.41, 5.74) is 4.82. The highest BCUT2D eigenvalue weighted by molar-refractivity contribution is 7.00. The Kier molecular flexibility index (Phi) is 6.47. The number of fused-ring (bicyclic) bond motifs is 2. The molecule has 8 nitrogen and oxygen atoms in total. The topological polar surface area (TPSA) is 95.7 Å². The first kappa shape index (κ1) is 23.6. The van der Waals surface area contributed by atoms with Crippen molar-refractivity contribution in [3.63, 3.8) is 0 Å². The molecule has 184 valence electrons. The Morgan fingerprint density at radius 3 is 2.53 bits per heavy atom. The first-order valence-corrected chi connectivity index (χ1v) is 12.2. The molecule has 0 atom stereocenters. The number of benzene rings is 3. The third-order valence-electron chi connectivity index (χ3n) is 6.04. The minimum atomic E-state index is -1.02. The molecule has 2 heterocycles. The SMILES string of the molecule is CCCOc1ccc2c(c1)c(-c1ccc(OC)c(OC)c1)c(C(=O)O)n2Cc1ccc2nsnc2c1. The Balaban J connectivity index is 1.75. The number of hydrogen-bond acceptors (Lipinski definition) is 7. The first-order valence-electron chi connectivity index (χ1n) is 11.5. The molecule has 0 saturated heterocycles.